The Morgan fingerprint density at radius 2 is 0.803 bits per heavy atom. The number of carbonyl (C=O) groups is 2. The highest BCUT2D eigenvalue weighted by Gasteiger charge is 2.54. The molecule has 1 saturated carbocycles. The number of esters is 2. The highest BCUT2D eigenvalue weighted by atomic mass is 31.2. The smallest absolute Gasteiger partial charge is 0.462 e. The van der Waals surface area contributed by atoms with E-state index in [2.05, 4.69) is 18.4 Å². The van der Waals surface area contributed by atoms with Gasteiger partial charge < -0.3 is 44.6 Å². The van der Waals surface area contributed by atoms with Crippen LogP contribution in [0.25, 0.3) is 0 Å². The third kappa shape index (κ3) is 30.0. The molecule has 16 nitrogen and oxygen atoms in total. The molecule has 362 valence electrons. The molecule has 0 spiro atoms. The van der Waals surface area contributed by atoms with Gasteiger partial charge >= 0.3 is 27.6 Å². The Morgan fingerprint density at radius 1 is 0.459 bits per heavy atom. The van der Waals surface area contributed by atoms with Crippen LogP contribution in [0.5, 0.6) is 0 Å². The van der Waals surface area contributed by atoms with Gasteiger partial charge in [-0.15, -0.1) is 0 Å². The Hall–Kier alpha value is -1.00. The Morgan fingerprint density at radius 3 is 1.18 bits per heavy atom. The minimum absolute atomic E-state index is 0.0522. The van der Waals surface area contributed by atoms with Crippen molar-refractivity contribution in [3.05, 3.63) is 0 Å². The van der Waals surface area contributed by atoms with Crippen LogP contribution in [0.1, 0.15) is 206 Å². The molecule has 1 fully saturated rings. The van der Waals surface area contributed by atoms with Crippen LogP contribution in [-0.4, -0.2) is 103 Å². The Bertz CT molecular complexity index is 1200. The van der Waals surface area contributed by atoms with Crippen molar-refractivity contribution >= 4 is 27.6 Å². The zero-order chi connectivity index (χ0) is 45.4. The van der Waals surface area contributed by atoms with Crippen LogP contribution in [0.4, 0.5) is 0 Å². The van der Waals surface area contributed by atoms with Crippen molar-refractivity contribution in [1.82, 2.24) is 0 Å². The van der Waals surface area contributed by atoms with Crippen LogP contribution >= 0.6 is 15.6 Å². The highest BCUT2D eigenvalue weighted by Crippen LogP contribution is 2.49. The number of carbonyl (C=O) groups excluding carboxylic acids is 2. The summed E-state index contributed by atoms with van der Waals surface area (Å²) in [6.07, 6.45) is 17.8. The molecule has 0 aromatic heterocycles. The largest absolute Gasteiger partial charge is 0.472 e. The van der Waals surface area contributed by atoms with Gasteiger partial charge in [-0.05, 0) is 12.8 Å². The Labute approximate surface area is 366 Å². The molecule has 7 N–H and O–H groups in total. The lowest BCUT2D eigenvalue weighted by molar-refractivity contribution is -0.216. The summed E-state index contributed by atoms with van der Waals surface area (Å²) < 4.78 is 49.3. The standard InChI is InChI=1S/C43H84O16P2/c1-3-5-7-9-11-13-15-17-18-20-22-24-26-28-30-32-37(45)57-35(33-55-36(44)31-29-27-25-23-21-19-16-14-12-10-8-6-4-2)34-56-61(53,54)59-43-40(48)38(46)39(47)42(41(43)49)58-60(50,51)52/h35,38-43,46-49H,3-34H2,1-2H3,(H,53,54)(H2,50,51,52)/t35-,38-,39+,40-,41+,42-,43+/m1/s1. The van der Waals surface area contributed by atoms with Crippen LogP contribution in [0.3, 0.4) is 0 Å². The number of hydrogen-bond acceptors (Lipinski definition) is 13. The summed E-state index contributed by atoms with van der Waals surface area (Å²) in [5.74, 6) is -1.19. The van der Waals surface area contributed by atoms with Crippen LogP contribution in [0.2, 0.25) is 0 Å². The molecule has 0 saturated heterocycles. The minimum atomic E-state index is -5.36. The monoisotopic (exact) mass is 919 g/mol. The van der Waals surface area contributed by atoms with E-state index in [1.165, 1.54) is 116 Å². The second kappa shape index (κ2) is 35.3. The van der Waals surface area contributed by atoms with Gasteiger partial charge in [-0.1, -0.05) is 181 Å². The fourth-order valence-corrected chi connectivity index (χ4v) is 9.04. The number of aliphatic hydroxyl groups excluding tert-OH is 4. The van der Waals surface area contributed by atoms with Gasteiger partial charge in [0.25, 0.3) is 0 Å². The Kier molecular flexibility index (Phi) is 33.6. The number of unbranched alkanes of at least 4 members (excludes halogenated alkanes) is 26. The number of phosphoric acid groups is 2. The van der Waals surface area contributed by atoms with Crippen LogP contribution in [-0.2, 0) is 41.8 Å². The zero-order valence-electron chi connectivity index (χ0n) is 37.4. The molecule has 61 heavy (non-hydrogen) atoms. The molecule has 0 heterocycles. The molecule has 1 unspecified atom stereocenters. The molecule has 18 heteroatoms. The van der Waals surface area contributed by atoms with Crippen molar-refractivity contribution in [2.75, 3.05) is 13.2 Å². The van der Waals surface area contributed by atoms with E-state index in [-0.39, 0.29) is 12.8 Å². The second-order valence-corrected chi connectivity index (χ2v) is 19.4. The van der Waals surface area contributed by atoms with Gasteiger partial charge in [0.1, 0.15) is 43.2 Å². The lowest BCUT2D eigenvalue weighted by atomic mass is 9.85. The number of aliphatic hydroxyl groups is 4. The quantitative estimate of drug-likeness (QED) is 0.0172. The lowest BCUT2D eigenvalue weighted by Gasteiger charge is -2.43. The van der Waals surface area contributed by atoms with E-state index in [1.807, 2.05) is 0 Å². The van der Waals surface area contributed by atoms with Crippen molar-refractivity contribution in [2.45, 2.75) is 249 Å². The number of hydrogen-bond donors (Lipinski definition) is 7. The van der Waals surface area contributed by atoms with E-state index in [0.29, 0.717) is 12.8 Å². The summed E-state index contributed by atoms with van der Waals surface area (Å²) in [7, 11) is -10.7. The lowest BCUT2D eigenvalue weighted by Crippen LogP contribution is -2.64. The van der Waals surface area contributed by atoms with Crippen molar-refractivity contribution in [2.24, 2.45) is 0 Å². The fourth-order valence-electron chi connectivity index (χ4n) is 7.50. The molecule has 0 bridgehead atoms. The summed E-state index contributed by atoms with van der Waals surface area (Å²) in [5.41, 5.74) is 0. The van der Waals surface area contributed by atoms with E-state index in [0.717, 1.165) is 51.4 Å². The minimum Gasteiger partial charge on any atom is -0.462 e. The summed E-state index contributed by atoms with van der Waals surface area (Å²) in [5, 5.41) is 41.2. The summed E-state index contributed by atoms with van der Waals surface area (Å²) in [6.45, 7) is 3.12. The highest BCUT2D eigenvalue weighted by molar-refractivity contribution is 7.47. The van der Waals surface area contributed by atoms with Gasteiger partial charge in [0.05, 0.1) is 6.61 Å². The van der Waals surface area contributed by atoms with E-state index in [4.69, 9.17) is 28.3 Å². The van der Waals surface area contributed by atoms with Gasteiger partial charge in [-0.2, -0.15) is 0 Å². The fraction of sp³-hybridized carbons (Fsp3) is 0.953. The molecule has 0 aromatic carbocycles. The predicted octanol–water partition coefficient (Wildman–Crippen LogP) is 8.62. The van der Waals surface area contributed by atoms with E-state index in [9.17, 15) is 44.0 Å². The molecule has 0 radical (unpaired) electrons. The number of rotatable bonds is 40. The number of ether oxygens (including phenoxy) is 2. The molecular formula is C43H84O16P2. The van der Waals surface area contributed by atoms with Crippen molar-refractivity contribution < 1.29 is 76.9 Å². The molecule has 0 amide bonds. The first-order valence-corrected chi connectivity index (χ1v) is 26.6. The molecule has 1 aliphatic rings. The average Bonchev–Trinajstić information content (AvgIpc) is 3.21. The second-order valence-electron chi connectivity index (χ2n) is 16.8. The van der Waals surface area contributed by atoms with Crippen LogP contribution in [0.15, 0.2) is 0 Å². The summed E-state index contributed by atoms with van der Waals surface area (Å²) >= 11 is 0. The first kappa shape index (κ1) is 58.0. The SMILES string of the molecule is CCCCCCCCCCCCCCCCCC(=O)O[C@H](COC(=O)CCCCCCCCCCCCCCC)COP(=O)(O)O[C@@H]1[C@@H](O)[C@H](OP(=O)(O)O)[C@@H](O)[C@@H](O)[C@H]1O. The molecular weight excluding hydrogens is 834 g/mol. The maximum atomic E-state index is 13.0. The van der Waals surface area contributed by atoms with Gasteiger partial charge in [0.2, 0.25) is 0 Å². The van der Waals surface area contributed by atoms with E-state index < -0.39 is 83.5 Å². The Balaban J connectivity index is 2.59. The average molecular weight is 919 g/mol. The van der Waals surface area contributed by atoms with Crippen molar-refractivity contribution in [3.8, 4) is 0 Å². The van der Waals surface area contributed by atoms with Gasteiger partial charge in [0.15, 0.2) is 6.10 Å². The summed E-state index contributed by atoms with van der Waals surface area (Å²) in [4.78, 5) is 54.2. The molecule has 1 rings (SSSR count). The zero-order valence-corrected chi connectivity index (χ0v) is 39.2. The third-order valence-corrected chi connectivity index (χ3v) is 12.7. The van der Waals surface area contributed by atoms with Gasteiger partial charge in [-0.25, -0.2) is 9.13 Å². The van der Waals surface area contributed by atoms with Crippen molar-refractivity contribution in [3.63, 3.8) is 0 Å². The molecule has 1 aliphatic carbocycles. The van der Waals surface area contributed by atoms with Crippen molar-refractivity contribution in [1.29, 1.82) is 0 Å². The first-order valence-electron chi connectivity index (χ1n) is 23.6. The topological polar surface area (TPSA) is 256 Å². The maximum absolute atomic E-state index is 13.0. The van der Waals surface area contributed by atoms with E-state index >= 15 is 0 Å². The maximum Gasteiger partial charge on any atom is 0.472 e. The number of phosphoric ester groups is 2. The van der Waals surface area contributed by atoms with Gasteiger partial charge in [0, 0.05) is 12.8 Å². The molecule has 0 aromatic rings. The third-order valence-electron chi connectivity index (χ3n) is 11.2. The summed E-state index contributed by atoms with van der Waals surface area (Å²) in [6, 6.07) is 0. The normalized spacial score (nSPS) is 22.2. The van der Waals surface area contributed by atoms with Gasteiger partial charge in [-0.3, -0.25) is 23.2 Å². The van der Waals surface area contributed by atoms with Crippen LogP contribution < -0.4 is 0 Å². The predicted molar refractivity (Wildman–Crippen MR) is 232 cm³/mol. The van der Waals surface area contributed by atoms with E-state index in [1.54, 1.807) is 0 Å². The molecule has 8 atom stereocenters. The van der Waals surface area contributed by atoms with Crippen LogP contribution in [0, 0.1) is 0 Å². The first-order chi connectivity index (χ1) is 29.1. The molecule has 0 aliphatic heterocycles.